The van der Waals surface area contributed by atoms with Crippen molar-refractivity contribution in [3.8, 4) is 0 Å². The molecule has 2 atom stereocenters. The summed E-state index contributed by atoms with van der Waals surface area (Å²) in [5.41, 5.74) is 0. The smallest absolute Gasteiger partial charge is 0.326 e. The van der Waals surface area contributed by atoms with Crippen LogP contribution >= 0.6 is 11.3 Å². The van der Waals surface area contributed by atoms with Crippen molar-refractivity contribution in [1.29, 1.82) is 0 Å². The first-order valence-corrected chi connectivity index (χ1v) is 5.12. The number of carboxylic acids is 1. The lowest BCUT2D eigenvalue weighted by Gasteiger charge is -2.12. The van der Waals surface area contributed by atoms with Crippen molar-refractivity contribution in [3.05, 3.63) is 22.4 Å². The average molecular weight is 211 g/mol. The minimum Gasteiger partial charge on any atom is -0.480 e. The van der Waals surface area contributed by atoms with Crippen LogP contribution in [0.3, 0.4) is 0 Å². The van der Waals surface area contributed by atoms with Crippen molar-refractivity contribution in [2.24, 2.45) is 0 Å². The molecule has 74 valence electrons. The third-order valence-corrected chi connectivity index (χ3v) is 3.30. The van der Waals surface area contributed by atoms with Crippen LogP contribution in [0.25, 0.3) is 0 Å². The summed E-state index contributed by atoms with van der Waals surface area (Å²) in [5.74, 6) is -1.36. The lowest BCUT2D eigenvalue weighted by Crippen LogP contribution is -2.35. The van der Waals surface area contributed by atoms with Crippen LogP contribution in [-0.2, 0) is 9.59 Å². The number of nitrogens with one attached hydrogen (secondary N) is 1. The van der Waals surface area contributed by atoms with Gasteiger partial charge in [0, 0.05) is 17.2 Å². The van der Waals surface area contributed by atoms with E-state index in [0.29, 0.717) is 0 Å². The predicted octanol–water partition coefficient (Wildman–Crippen LogP) is 0.805. The third kappa shape index (κ3) is 1.50. The van der Waals surface area contributed by atoms with E-state index >= 15 is 0 Å². The van der Waals surface area contributed by atoms with E-state index in [2.05, 4.69) is 5.32 Å². The zero-order valence-electron chi connectivity index (χ0n) is 7.27. The molecule has 2 N–H and O–H groups in total. The molecule has 0 unspecified atom stereocenters. The van der Waals surface area contributed by atoms with Crippen LogP contribution in [0, 0.1) is 0 Å². The number of hydrogen-bond donors (Lipinski definition) is 2. The van der Waals surface area contributed by atoms with Crippen LogP contribution in [-0.4, -0.2) is 23.0 Å². The van der Waals surface area contributed by atoms with Gasteiger partial charge in [0.15, 0.2) is 0 Å². The van der Waals surface area contributed by atoms with Gasteiger partial charge in [-0.2, -0.15) is 0 Å². The van der Waals surface area contributed by atoms with Crippen LogP contribution in [0.1, 0.15) is 17.2 Å². The van der Waals surface area contributed by atoms with Gasteiger partial charge in [0.2, 0.25) is 5.91 Å². The summed E-state index contributed by atoms with van der Waals surface area (Å²) >= 11 is 1.49. The van der Waals surface area contributed by atoms with Crippen LogP contribution in [0.2, 0.25) is 0 Å². The van der Waals surface area contributed by atoms with Crippen LogP contribution in [0.5, 0.6) is 0 Å². The molecule has 0 radical (unpaired) electrons. The first-order chi connectivity index (χ1) is 6.68. The van der Waals surface area contributed by atoms with E-state index in [1.54, 1.807) is 0 Å². The Bertz CT molecular complexity index is 360. The fraction of sp³-hybridized carbons (Fsp3) is 0.333. The Labute approximate surface area is 84.6 Å². The van der Waals surface area contributed by atoms with E-state index in [1.165, 1.54) is 11.3 Å². The SMILES string of the molecule is O=C1C[C@@H](c2cccs2)[C@@H](C(=O)O)N1. The van der Waals surface area contributed by atoms with Crippen molar-refractivity contribution in [3.63, 3.8) is 0 Å². The van der Waals surface area contributed by atoms with Gasteiger partial charge in [0.25, 0.3) is 0 Å². The van der Waals surface area contributed by atoms with Gasteiger partial charge in [0.1, 0.15) is 6.04 Å². The highest BCUT2D eigenvalue weighted by atomic mass is 32.1. The molecule has 0 spiro atoms. The number of thiophene rings is 1. The van der Waals surface area contributed by atoms with Gasteiger partial charge in [-0.3, -0.25) is 4.79 Å². The summed E-state index contributed by atoms with van der Waals surface area (Å²) in [6.07, 6.45) is 0.275. The second kappa shape index (κ2) is 3.42. The summed E-state index contributed by atoms with van der Waals surface area (Å²) < 4.78 is 0. The van der Waals surface area contributed by atoms with Crippen molar-refractivity contribution < 1.29 is 14.7 Å². The van der Waals surface area contributed by atoms with Crippen molar-refractivity contribution in [2.45, 2.75) is 18.4 Å². The number of amides is 1. The Morgan fingerprint density at radius 2 is 2.43 bits per heavy atom. The molecule has 0 bridgehead atoms. The fourth-order valence-corrected chi connectivity index (χ4v) is 2.52. The van der Waals surface area contributed by atoms with E-state index < -0.39 is 12.0 Å². The maximum Gasteiger partial charge on any atom is 0.326 e. The molecule has 2 rings (SSSR count). The number of carbonyl (C=O) groups is 2. The first kappa shape index (κ1) is 9.21. The molecule has 1 aromatic rings. The molecule has 1 fully saturated rings. The molecule has 14 heavy (non-hydrogen) atoms. The van der Waals surface area contributed by atoms with Crippen LogP contribution in [0.4, 0.5) is 0 Å². The molecule has 1 saturated heterocycles. The van der Waals surface area contributed by atoms with Gasteiger partial charge in [0.05, 0.1) is 0 Å². The molecule has 1 aliphatic rings. The molecule has 2 heterocycles. The van der Waals surface area contributed by atoms with Crippen LogP contribution in [0.15, 0.2) is 17.5 Å². The fourth-order valence-electron chi connectivity index (χ4n) is 1.65. The molecule has 1 amide bonds. The molecule has 5 heteroatoms. The van der Waals surface area contributed by atoms with Gasteiger partial charge < -0.3 is 10.4 Å². The lowest BCUT2D eigenvalue weighted by atomic mass is 9.99. The largest absolute Gasteiger partial charge is 0.480 e. The van der Waals surface area contributed by atoms with Crippen molar-refractivity contribution >= 4 is 23.2 Å². The molecule has 0 aromatic carbocycles. The lowest BCUT2D eigenvalue weighted by molar-refractivity contribution is -0.140. The highest BCUT2D eigenvalue weighted by Crippen LogP contribution is 2.31. The topological polar surface area (TPSA) is 66.4 Å². The van der Waals surface area contributed by atoms with Crippen molar-refractivity contribution in [2.75, 3.05) is 0 Å². The molecular weight excluding hydrogens is 202 g/mol. The second-order valence-corrected chi connectivity index (χ2v) is 4.19. The number of carboxylic acid groups (broad SMARTS) is 1. The van der Waals surface area contributed by atoms with E-state index in [4.69, 9.17) is 5.11 Å². The highest BCUT2D eigenvalue weighted by Gasteiger charge is 2.38. The van der Waals surface area contributed by atoms with Gasteiger partial charge in [-0.05, 0) is 11.4 Å². The number of carbonyl (C=O) groups excluding carboxylic acids is 1. The van der Waals surface area contributed by atoms with Gasteiger partial charge >= 0.3 is 5.97 Å². The Morgan fingerprint density at radius 3 is 3.00 bits per heavy atom. The molecular formula is C9H9NO3S. The molecule has 4 nitrogen and oxygen atoms in total. The summed E-state index contributed by atoms with van der Waals surface area (Å²) in [5, 5.41) is 13.2. The monoisotopic (exact) mass is 211 g/mol. The zero-order chi connectivity index (χ0) is 10.1. The third-order valence-electron chi connectivity index (χ3n) is 2.30. The Kier molecular flexibility index (Phi) is 2.25. The van der Waals surface area contributed by atoms with E-state index in [-0.39, 0.29) is 18.2 Å². The zero-order valence-corrected chi connectivity index (χ0v) is 8.08. The highest BCUT2D eigenvalue weighted by molar-refractivity contribution is 7.10. The average Bonchev–Trinajstić information content (AvgIpc) is 2.70. The number of hydrogen-bond acceptors (Lipinski definition) is 3. The van der Waals surface area contributed by atoms with E-state index in [9.17, 15) is 9.59 Å². The molecule has 0 saturated carbocycles. The Balaban J connectivity index is 2.26. The Hall–Kier alpha value is -1.36. The van der Waals surface area contributed by atoms with Gasteiger partial charge in [-0.15, -0.1) is 11.3 Å². The van der Waals surface area contributed by atoms with E-state index in [0.717, 1.165) is 4.88 Å². The minimum absolute atomic E-state index is 0.184. The molecule has 1 aliphatic heterocycles. The molecule has 1 aromatic heterocycles. The molecule has 0 aliphatic carbocycles. The normalized spacial score (nSPS) is 26.1. The standard InChI is InChI=1S/C9H9NO3S/c11-7-4-5(6-2-1-3-14-6)8(10-7)9(12)13/h1-3,5,8H,4H2,(H,10,11)(H,12,13)/t5-,8-/m0/s1. The Morgan fingerprint density at radius 1 is 1.64 bits per heavy atom. The van der Waals surface area contributed by atoms with Gasteiger partial charge in [-0.25, -0.2) is 4.79 Å². The maximum atomic E-state index is 11.1. The van der Waals surface area contributed by atoms with Crippen molar-refractivity contribution in [1.82, 2.24) is 5.32 Å². The summed E-state index contributed by atoms with van der Waals surface area (Å²) in [7, 11) is 0. The van der Waals surface area contributed by atoms with Gasteiger partial charge in [-0.1, -0.05) is 6.07 Å². The maximum absolute atomic E-state index is 11.1. The summed E-state index contributed by atoms with van der Waals surface area (Å²) in [6.45, 7) is 0. The summed E-state index contributed by atoms with van der Waals surface area (Å²) in [6, 6.07) is 2.97. The second-order valence-electron chi connectivity index (χ2n) is 3.21. The van der Waals surface area contributed by atoms with E-state index in [1.807, 2.05) is 17.5 Å². The first-order valence-electron chi connectivity index (χ1n) is 4.24. The summed E-state index contributed by atoms with van der Waals surface area (Å²) in [4.78, 5) is 22.9. The minimum atomic E-state index is -0.964. The quantitative estimate of drug-likeness (QED) is 0.760. The predicted molar refractivity (Wildman–Crippen MR) is 51.2 cm³/mol. The number of rotatable bonds is 2. The number of aliphatic carboxylic acids is 1. The van der Waals surface area contributed by atoms with Crippen LogP contribution < -0.4 is 5.32 Å².